The zero-order chi connectivity index (χ0) is 13.8. The van der Waals surface area contributed by atoms with Gasteiger partial charge in [-0.15, -0.1) is 0 Å². The number of amides is 1. The van der Waals surface area contributed by atoms with E-state index in [1.807, 2.05) is 13.8 Å². The fraction of sp³-hybridized carbons (Fsp3) is 0.917. The SMILES string of the molecule is CCC(CN)CC(=O)N(CC)C1CCS(=O)(=O)C1. The number of hydrogen-bond donors (Lipinski definition) is 1. The van der Waals surface area contributed by atoms with Crippen molar-refractivity contribution in [3.8, 4) is 0 Å². The van der Waals surface area contributed by atoms with Crippen molar-refractivity contribution in [2.45, 2.75) is 39.2 Å². The molecule has 18 heavy (non-hydrogen) atoms. The highest BCUT2D eigenvalue weighted by atomic mass is 32.2. The second-order valence-electron chi connectivity index (χ2n) is 4.95. The predicted molar refractivity (Wildman–Crippen MR) is 71.9 cm³/mol. The normalized spacial score (nSPS) is 23.8. The van der Waals surface area contributed by atoms with Crippen molar-refractivity contribution in [3.63, 3.8) is 0 Å². The molecule has 1 rings (SSSR count). The van der Waals surface area contributed by atoms with Crippen LogP contribution in [0.1, 0.15) is 33.1 Å². The zero-order valence-electron chi connectivity index (χ0n) is 11.3. The molecular weight excluding hydrogens is 252 g/mol. The molecule has 1 heterocycles. The van der Waals surface area contributed by atoms with Gasteiger partial charge in [-0.05, 0) is 25.8 Å². The summed E-state index contributed by atoms with van der Waals surface area (Å²) >= 11 is 0. The summed E-state index contributed by atoms with van der Waals surface area (Å²) in [5.41, 5.74) is 5.60. The van der Waals surface area contributed by atoms with Gasteiger partial charge in [0, 0.05) is 19.0 Å². The van der Waals surface area contributed by atoms with Gasteiger partial charge in [0.25, 0.3) is 0 Å². The number of hydrogen-bond acceptors (Lipinski definition) is 4. The molecule has 0 radical (unpaired) electrons. The molecule has 1 aliphatic heterocycles. The van der Waals surface area contributed by atoms with E-state index in [9.17, 15) is 13.2 Å². The summed E-state index contributed by atoms with van der Waals surface area (Å²) in [6.07, 6.45) is 1.88. The maximum Gasteiger partial charge on any atom is 0.223 e. The van der Waals surface area contributed by atoms with E-state index in [2.05, 4.69) is 0 Å². The minimum Gasteiger partial charge on any atom is -0.339 e. The summed E-state index contributed by atoms with van der Waals surface area (Å²) in [5, 5.41) is 0. The van der Waals surface area contributed by atoms with E-state index in [1.54, 1.807) is 4.90 Å². The van der Waals surface area contributed by atoms with Crippen molar-refractivity contribution in [1.29, 1.82) is 0 Å². The molecule has 1 fully saturated rings. The maximum atomic E-state index is 12.2. The Bertz CT molecular complexity index is 377. The van der Waals surface area contributed by atoms with Gasteiger partial charge in [-0.3, -0.25) is 4.79 Å². The number of sulfone groups is 1. The topological polar surface area (TPSA) is 80.5 Å². The van der Waals surface area contributed by atoms with Crippen LogP contribution in [0.5, 0.6) is 0 Å². The Kier molecular flexibility index (Phi) is 5.59. The summed E-state index contributed by atoms with van der Waals surface area (Å²) in [5.74, 6) is 0.558. The number of rotatable bonds is 6. The first-order valence-corrected chi connectivity index (χ1v) is 8.45. The molecule has 1 aliphatic rings. The van der Waals surface area contributed by atoms with Gasteiger partial charge in [-0.25, -0.2) is 8.42 Å². The third-order valence-corrected chi connectivity index (χ3v) is 5.43. The standard InChI is InChI=1S/C12H24N2O3S/c1-3-10(8-13)7-12(15)14(4-2)11-5-6-18(16,17)9-11/h10-11H,3-9,13H2,1-2H3. The molecule has 0 spiro atoms. The molecule has 0 aromatic rings. The fourth-order valence-corrected chi connectivity index (χ4v) is 4.15. The average molecular weight is 276 g/mol. The van der Waals surface area contributed by atoms with Crippen molar-refractivity contribution < 1.29 is 13.2 Å². The summed E-state index contributed by atoms with van der Waals surface area (Å²) in [4.78, 5) is 13.9. The van der Waals surface area contributed by atoms with Gasteiger partial charge < -0.3 is 10.6 Å². The first-order chi connectivity index (χ1) is 8.43. The van der Waals surface area contributed by atoms with Crippen LogP contribution in [0.3, 0.4) is 0 Å². The maximum absolute atomic E-state index is 12.2. The predicted octanol–water partition coefficient (Wildman–Crippen LogP) is 0.397. The minimum atomic E-state index is -2.94. The van der Waals surface area contributed by atoms with Gasteiger partial charge >= 0.3 is 0 Å². The van der Waals surface area contributed by atoms with Crippen LogP contribution in [0.2, 0.25) is 0 Å². The second-order valence-corrected chi connectivity index (χ2v) is 7.18. The number of carbonyl (C=O) groups excluding carboxylic acids is 1. The molecule has 2 N–H and O–H groups in total. The summed E-state index contributed by atoms with van der Waals surface area (Å²) in [7, 11) is -2.94. The summed E-state index contributed by atoms with van der Waals surface area (Å²) in [6, 6.07) is -0.136. The van der Waals surface area contributed by atoms with E-state index in [1.165, 1.54) is 0 Å². The summed E-state index contributed by atoms with van der Waals surface area (Å²) < 4.78 is 22.9. The van der Waals surface area contributed by atoms with Gasteiger partial charge in [-0.2, -0.15) is 0 Å². The Labute approximate surface area is 110 Å². The van der Waals surface area contributed by atoms with Crippen molar-refractivity contribution in [2.75, 3.05) is 24.6 Å². The Morgan fingerprint density at radius 2 is 2.11 bits per heavy atom. The van der Waals surface area contributed by atoms with E-state index in [4.69, 9.17) is 5.73 Å². The van der Waals surface area contributed by atoms with Gasteiger partial charge in [0.05, 0.1) is 11.5 Å². The lowest BCUT2D eigenvalue weighted by Gasteiger charge is -2.28. The van der Waals surface area contributed by atoms with Crippen LogP contribution in [0.25, 0.3) is 0 Å². The summed E-state index contributed by atoms with van der Waals surface area (Å²) in [6.45, 7) is 4.98. The van der Waals surface area contributed by atoms with Crippen LogP contribution in [-0.2, 0) is 14.6 Å². The highest BCUT2D eigenvalue weighted by Gasteiger charge is 2.34. The van der Waals surface area contributed by atoms with Gasteiger partial charge in [-0.1, -0.05) is 13.3 Å². The quantitative estimate of drug-likeness (QED) is 0.761. The number of carbonyl (C=O) groups is 1. The molecule has 0 bridgehead atoms. The molecule has 0 saturated carbocycles. The average Bonchev–Trinajstić information content (AvgIpc) is 2.67. The largest absolute Gasteiger partial charge is 0.339 e. The first kappa shape index (κ1) is 15.4. The lowest BCUT2D eigenvalue weighted by atomic mass is 10.0. The molecule has 106 valence electrons. The molecular formula is C12H24N2O3S. The molecule has 5 nitrogen and oxygen atoms in total. The number of nitrogens with two attached hydrogens (primary N) is 1. The Balaban J connectivity index is 2.63. The fourth-order valence-electron chi connectivity index (χ4n) is 2.42. The van der Waals surface area contributed by atoms with Crippen molar-refractivity contribution in [3.05, 3.63) is 0 Å². The third kappa shape index (κ3) is 3.95. The Morgan fingerprint density at radius 1 is 1.44 bits per heavy atom. The second kappa shape index (κ2) is 6.52. The van der Waals surface area contributed by atoms with E-state index in [0.717, 1.165) is 6.42 Å². The van der Waals surface area contributed by atoms with Crippen molar-refractivity contribution in [2.24, 2.45) is 11.7 Å². The minimum absolute atomic E-state index is 0.0388. The van der Waals surface area contributed by atoms with E-state index in [-0.39, 0.29) is 29.4 Å². The van der Waals surface area contributed by atoms with Gasteiger partial charge in [0.1, 0.15) is 0 Å². The van der Waals surface area contributed by atoms with Crippen molar-refractivity contribution >= 4 is 15.7 Å². The lowest BCUT2D eigenvalue weighted by Crippen LogP contribution is -2.42. The van der Waals surface area contributed by atoms with Gasteiger partial charge in [0.2, 0.25) is 5.91 Å². The van der Waals surface area contributed by atoms with Crippen LogP contribution in [0.15, 0.2) is 0 Å². The molecule has 0 aromatic heterocycles. The highest BCUT2D eigenvalue weighted by Crippen LogP contribution is 2.20. The van der Waals surface area contributed by atoms with Crippen LogP contribution >= 0.6 is 0 Å². The van der Waals surface area contributed by atoms with Crippen molar-refractivity contribution in [1.82, 2.24) is 4.90 Å². The first-order valence-electron chi connectivity index (χ1n) is 6.63. The Morgan fingerprint density at radius 3 is 2.50 bits per heavy atom. The van der Waals surface area contributed by atoms with E-state index >= 15 is 0 Å². The molecule has 0 aliphatic carbocycles. The van der Waals surface area contributed by atoms with Crippen LogP contribution in [0.4, 0.5) is 0 Å². The zero-order valence-corrected chi connectivity index (χ0v) is 12.1. The molecule has 2 atom stereocenters. The van der Waals surface area contributed by atoms with Gasteiger partial charge in [0.15, 0.2) is 9.84 Å². The number of nitrogens with zero attached hydrogens (tertiary/aromatic N) is 1. The van der Waals surface area contributed by atoms with Crippen LogP contribution in [-0.4, -0.2) is 49.9 Å². The lowest BCUT2D eigenvalue weighted by molar-refractivity contribution is -0.133. The highest BCUT2D eigenvalue weighted by molar-refractivity contribution is 7.91. The molecule has 1 saturated heterocycles. The molecule has 2 unspecified atom stereocenters. The van der Waals surface area contributed by atoms with E-state index in [0.29, 0.717) is 25.9 Å². The van der Waals surface area contributed by atoms with E-state index < -0.39 is 9.84 Å². The monoisotopic (exact) mass is 276 g/mol. The van der Waals surface area contributed by atoms with Crippen LogP contribution < -0.4 is 5.73 Å². The van der Waals surface area contributed by atoms with Crippen LogP contribution in [0, 0.1) is 5.92 Å². The smallest absolute Gasteiger partial charge is 0.223 e. The Hall–Kier alpha value is -0.620. The molecule has 1 amide bonds. The molecule has 0 aromatic carbocycles. The molecule has 6 heteroatoms. The third-order valence-electron chi connectivity index (χ3n) is 3.68.